The van der Waals surface area contributed by atoms with E-state index in [1.807, 2.05) is 20.0 Å². The normalized spacial score (nSPS) is 22.4. The van der Waals surface area contributed by atoms with Crippen LogP contribution in [0.4, 0.5) is 5.69 Å². The van der Waals surface area contributed by atoms with E-state index in [4.69, 9.17) is 0 Å². The van der Waals surface area contributed by atoms with E-state index in [0.717, 1.165) is 35.4 Å². The maximum absolute atomic E-state index is 12.2. The van der Waals surface area contributed by atoms with Crippen LogP contribution in [0.2, 0.25) is 0 Å². The van der Waals surface area contributed by atoms with E-state index in [-0.39, 0.29) is 11.9 Å². The van der Waals surface area contributed by atoms with Gasteiger partial charge < -0.3 is 10.6 Å². The molecule has 20 heavy (non-hydrogen) atoms. The summed E-state index contributed by atoms with van der Waals surface area (Å²) in [6, 6.07) is 1.82. The summed E-state index contributed by atoms with van der Waals surface area (Å²) in [5, 5.41) is 11.5. The first-order valence-corrected chi connectivity index (χ1v) is 6.90. The monoisotopic (exact) mass is 273 g/mol. The van der Waals surface area contributed by atoms with E-state index in [1.165, 1.54) is 0 Å². The van der Waals surface area contributed by atoms with Crippen LogP contribution < -0.4 is 10.6 Å². The molecule has 0 aromatic carbocycles. The van der Waals surface area contributed by atoms with Crippen molar-refractivity contribution in [2.45, 2.75) is 26.3 Å². The van der Waals surface area contributed by atoms with Crippen LogP contribution in [0.5, 0.6) is 0 Å². The van der Waals surface area contributed by atoms with Crippen LogP contribution in [-0.2, 0) is 11.8 Å². The van der Waals surface area contributed by atoms with Gasteiger partial charge in [-0.2, -0.15) is 5.10 Å². The Morgan fingerprint density at radius 1 is 1.55 bits per heavy atom. The average Bonchev–Trinajstić information content (AvgIpc) is 2.95. The zero-order valence-electron chi connectivity index (χ0n) is 12.0. The zero-order valence-corrected chi connectivity index (χ0v) is 12.0. The van der Waals surface area contributed by atoms with Crippen molar-refractivity contribution in [2.24, 2.45) is 13.0 Å². The quantitative estimate of drug-likeness (QED) is 0.863. The van der Waals surface area contributed by atoms with Gasteiger partial charge in [-0.3, -0.25) is 9.48 Å². The van der Waals surface area contributed by atoms with E-state index in [1.54, 1.807) is 10.9 Å². The number of nitrogens with one attached hydrogen (secondary N) is 2. The lowest BCUT2D eigenvalue weighted by molar-refractivity contribution is -0.118. The first kappa shape index (κ1) is 13.1. The highest BCUT2D eigenvalue weighted by Gasteiger charge is 2.29. The number of anilines is 1. The number of fused-ring (bicyclic) bond motifs is 1. The van der Waals surface area contributed by atoms with Crippen LogP contribution in [0, 0.1) is 12.8 Å². The number of amides is 1. The minimum Gasteiger partial charge on any atom is -0.323 e. The molecule has 1 aliphatic heterocycles. The molecule has 1 amide bonds. The van der Waals surface area contributed by atoms with Gasteiger partial charge in [0, 0.05) is 12.4 Å². The molecule has 0 spiro atoms. The summed E-state index contributed by atoms with van der Waals surface area (Å²) in [4.78, 5) is 16.6. The van der Waals surface area contributed by atoms with Gasteiger partial charge in [0.2, 0.25) is 5.91 Å². The molecule has 3 heterocycles. The van der Waals surface area contributed by atoms with Crippen molar-refractivity contribution in [1.29, 1.82) is 0 Å². The van der Waals surface area contributed by atoms with Gasteiger partial charge in [-0.05, 0) is 31.9 Å². The van der Waals surface area contributed by atoms with E-state index in [2.05, 4.69) is 27.6 Å². The third-order valence-electron chi connectivity index (χ3n) is 3.95. The van der Waals surface area contributed by atoms with Crippen LogP contribution in [0.1, 0.15) is 19.0 Å². The van der Waals surface area contributed by atoms with Crippen LogP contribution in [0.25, 0.3) is 11.0 Å². The number of carbonyl (C=O) groups excluding carboxylic acids is 1. The second kappa shape index (κ2) is 4.86. The topological polar surface area (TPSA) is 71.8 Å². The fraction of sp³-hybridized carbons (Fsp3) is 0.500. The summed E-state index contributed by atoms with van der Waals surface area (Å²) < 4.78 is 1.75. The second-order valence-corrected chi connectivity index (χ2v) is 5.49. The minimum atomic E-state index is -0.110. The summed E-state index contributed by atoms with van der Waals surface area (Å²) in [6.45, 7) is 4.94. The van der Waals surface area contributed by atoms with Crippen molar-refractivity contribution >= 4 is 22.6 Å². The SMILES string of the molecule is Cc1nn(C)c2ncc(NC(=O)C3NCCC3C)cc12. The molecule has 2 atom stereocenters. The Bertz CT molecular complexity index is 663. The zero-order chi connectivity index (χ0) is 14.3. The van der Waals surface area contributed by atoms with Crippen molar-refractivity contribution < 1.29 is 4.79 Å². The molecule has 2 N–H and O–H groups in total. The van der Waals surface area contributed by atoms with Crippen LogP contribution in [-0.4, -0.2) is 33.3 Å². The highest BCUT2D eigenvalue weighted by molar-refractivity contribution is 5.96. The molecule has 106 valence electrons. The molecule has 6 nitrogen and oxygen atoms in total. The lowest BCUT2D eigenvalue weighted by Crippen LogP contribution is -2.39. The molecule has 1 fully saturated rings. The van der Waals surface area contributed by atoms with Gasteiger partial charge in [0.25, 0.3) is 0 Å². The number of pyridine rings is 1. The standard InChI is InChI=1S/C14H19N5O/c1-8-4-5-15-12(8)14(20)17-10-6-11-9(2)18-19(3)13(11)16-7-10/h6-8,12,15H,4-5H2,1-3H3,(H,17,20). The molecule has 0 saturated carbocycles. The Labute approximate surface area is 117 Å². The predicted octanol–water partition coefficient (Wildman–Crippen LogP) is 1.21. The molecule has 2 aromatic heterocycles. The Morgan fingerprint density at radius 2 is 2.35 bits per heavy atom. The molecule has 3 rings (SSSR count). The fourth-order valence-corrected chi connectivity index (χ4v) is 2.78. The Hall–Kier alpha value is -1.95. The van der Waals surface area contributed by atoms with Crippen LogP contribution in [0.15, 0.2) is 12.3 Å². The highest BCUT2D eigenvalue weighted by atomic mass is 16.2. The number of nitrogens with zero attached hydrogens (tertiary/aromatic N) is 3. The molecular formula is C14H19N5O. The van der Waals surface area contributed by atoms with E-state index >= 15 is 0 Å². The van der Waals surface area contributed by atoms with Gasteiger partial charge in [-0.1, -0.05) is 6.92 Å². The van der Waals surface area contributed by atoms with E-state index < -0.39 is 0 Å². The number of aryl methyl sites for hydroxylation is 2. The maximum Gasteiger partial charge on any atom is 0.241 e. The molecule has 0 bridgehead atoms. The van der Waals surface area contributed by atoms with Crippen LogP contribution in [0.3, 0.4) is 0 Å². The summed E-state index contributed by atoms with van der Waals surface area (Å²) in [5.41, 5.74) is 2.46. The summed E-state index contributed by atoms with van der Waals surface area (Å²) in [5.74, 6) is 0.379. The Balaban J connectivity index is 1.84. The predicted molar refractivity (Wildman–Crippen MR) is 77.4 cm³/mol. The Morgan fingerprint density at radius 3 is 3.05 bits per heavy atom. The average molecular weight is 273 g/mol. The van der Waals surface area contributed by atoms with Gasteiger partial charge in [0.1, 0.15) is 0 Å². The first-order chi connectivity index (χ1) is 9.56. The summed E-state index contributed by atoms with van der Waals surface area (Å²) in [7, 11) is 1.87. The van der Waals surface area contributed by atoms with Gasteiger partial charge >= 0.3 is 0 Å². The number of hydrogen-bond donors (Lipinski definition) is 2. The fourth-order valence-electron chi connectivity index (χ4n) is 2.78. The minimum absolute atomic E-state index is 0.0118. The molecule has 0 radical (unpaired) electrons. The first-order valence-electron chi connectivity index (χ1n) is 6.90. The van der Waals surface area contributed by atoms with Crippen molar-refractivity contribution in [1.82, 2.24) is 20.1 Å². The second-order valence-electron chi connectivity index (χ2n) is 5.49. The number of rotatable bonds is 2. The van der Waals surface area contributed by atoms with Crippen LogP contribution >= 0.6 is 0 Å². The van der Waals surface area contributed by atoms with Gasteiger partial charge in [0.05, 0.1) is 23.6 Å². The van der Waals surface area contributed by atoms with Gasteiger partial charge in [-0.25, -0.2) is 4.98 Å². The number of carbonyl (C=O) groups is 1. The van der Waals surface area contributed by atoms with E-state index in [0.29, 0.717) is 5.92 Å². The molecule has 2 unspecified atom stereocenters. The van der Waals surface area contributed by atoms with E-state index in [9.17, 15) is 4.79 Å². The molecular weight excluding hydrogens is 254 g/mol. The van der Waals surface area contributed by atoms with Gasteiger partial charge in [0.15, 0.2) is 5.65 Å². The largest absolute Gasteiger partial charge is 0.323 e. The number of hydrogen-bond acceptors (Lipinski definition) is 4. The van der Waals surface area contributed by atoms with Gasteiger partial charge in [-0.15, -0.1) is 0 Å². The smallest absolute Gasteiger partial charge is 0.241 e. The third-order valence-corrected chi connectivity index (χ3v) is 3.95. The maximum atomic E-state index is 12.2. The molecule has 1 aliphatic rings. The van der Waals surface area contributed by atoms with Crippen molar-refractivity contribution in [2.75, 3.05) is 11.9 Å². The summed E-state index contributed by atoms with van der Waals surface area (Å²) >= 11 is 0. The Kier molecular flexibility index (Phi) is 3.17. The third kappa shape index (κ3) is 2.16. The van der Waals surface area contributed by atoms with Crippen molar-refractivity contribution in [3.8, 4) is 0 Å². The number of aromatic nitrogens is 3. The highest BCUT2D eigenvalue weighted by Crippen LogP contribution is 2.21. The summed E-state index contributed by atoms with van der Waals surface area (Å²) in [6.07, 6.45) is 2.72. The molecule has 0 aliphatic carbocycles. The van der Waals surface area contributed by atoms with Crippen molar-refractivity contribution in [3.63, 3.8) is 0 Å². The molecule has 1 saturated heterocycles. The molecule has 6 heteroatoms. The lowest BCUT2D eigenvalue weighted by atomic mass is 10.0. The van der Waals surface area contributed by atoms with Crippen molar-refractivity contribution in [3.05, 3.63) is 18.0 Å². The lowest BCUT2D eigenvalue weighted by Gasteiger charge is -2.15. The molecule has 2 aromatic rings.